The van der Waals surface area contributed by atoms with Gasteiger partial charge in [0, 0.05) is 6.08 Å². The molecule has 0 saturated heterocycles. The largest absolute Gasteiger partial charge is 0.486 e. The van der Waals surface area contributed by atoms with Crippen LogP contribution in [0.1, 0.15) is 11.1 Å². The molecule has 25 heavy (non-hydrogen) atoms. The van der Waals surface area contributed by atoms with Crippen LogP contribution in [-0.2, 0) is 14.8 Å². The Balaban J connectivity index is 1.72. The zero-order valence-corrected chi connectivity index (χ0v) is 14.4. The fourth-order valence-electron chi connectivity index (χ4n) is 2.41. The fourth-order valence-corrected chi connectivity index (χ4v) is 3.61. The molecule has 0 radical (unpaired) electrons. The number of aryl methyl sites for hydroxylation is 1. The van der Waals surface area contributed by atoms with Gasteiger partial charge >= 0.3 is 0 Å². The van der Waals surface area contributed by atoms with E-state index in [9.17, 15) is 13.2 Å². The van der Waals surface area contributed by atoms with Gasteiger partial charge in [0.25, 0.3) is 15.9 Å². The van der Waals surface area contributed by atoms with Crippen LogP contribution in [0, 0.1) is 6.92 Å². The number of fused-ring (bicyclic) bond motifs is 1. The van der Waals surface area contributed by atoms with Crippen LogP contribution in [0.25, 0.3) is 6.08 Å². The summed E-state index contributed by atoms with van der Waals surface area (Å²) in [5, 5.41) is 0. The Bertz CT molecular complexity index is 934. The highest BCUT2D eigenvalue weighted by Gasteiger charge is 2.18. The Morgan fingerprint density at radius 1 is 1.08 bits per heavy atom. The molecular weight excluding hydrogens is 342 g/mol. The molecule has 0 unspecified atom stereocenters. The molecule has 6 nitrogen and oxygen atoms in total. The summed E-state index contributed by atoms with van der Waals surface area (Å²) >= 11 is 0. The number of carbonyl (C=O) groups excluding carboxylic acids is 1. The SMILES string of the molecule is Cc1ccccc1S(=O)(=O)NC(=O)C=Cc1ccc2c(c1)OCCO2. The average molecular weight is 359 g/mol. The number of rotatable bonds is 4. The minimum atomic E-state index is -3.90. The molecule has 3 rings (SSSR count). The van der Waals surface area contributed by atoms with Crippen LogP contribution in [0.2, 0.25) is 0 Å². The number of hydrogen-bond donors (Lipinski definition) is 1. The zero-order chi connectivity index (χ0) is 17.9. The maximum Gasteiger partial charge on any atom is 0.264 e. The smallest absolute Gasteiger partial charge is 0.264 e. The van der Waals surface area contributed by atoms with Gasteiger partial charge in [-0.1, -0.05) is 24.3 Å². The fraction of sp³-hybridized carbons (Fsp3) is 0.167. The summed E-state index contributed by atoms with van der Waals surface area (Å²) in [6.07, 6.45) is 2.68. The lowest BCUT2D eigenvalue weighted by Crippen LogP contribution is -2.29. The number of benzene rings is 2. The monoisotopic (exact) mass is 359 g/mol. The molecule has 0 bridgehead atoms. The van der Waals surface area contributed by atoms with Gasteiger partial charge in [-0.05, 0) is 42.3 Å². The van der Waals surface area contributed by atoms with Gasteiger partial charge in [0.05, 0.1) is 4.90 Å². The number of ether oxygens (including phenoxy) is 2. The van der Waals surface area contributed by atoms with E-state index in [1.54, 1.807) is 43.3 Å². The molecule has 0 saturated carbocycles. The lowest BCUT2D eigenvalue weighted by molar-refractivity contribution is -0.114. The predicted octanol–water partition coefficient (Wildman–Crippen LogP) is 2.28. The molecule has 0 spiro atoms. The molecule has 7 heteroatoms. The second kappa shape index (κ2) is 6.98. The molecule has 0 aliphatic carbocycles. The molecule has 2 aromatic rings. The van der Waals surface area contributed by atoms with Crippen LogP contribution in [0.15, 0.2) is 53.4 Å². The molecule has 0 atom stereocenters. The van der Waals surface area contributed by atoms with Gasteiger partial charge in [-0.3, -0.25) is 4.79 Å². The minimum Gasteiger partial charge on any atom is -0.486 e. The van der Waals surface area contributed by atoms with Crippen molar-refractivity contribution < 1.29 is 22.7 Å². The number of sulfonamides is 1. The van der Waals surface area contributed by atoms with Crippen molar-refractivity contribution >= 4 is 22.0 Å². The Morgan fingerprint density at radius 3 is 2.56 bits per heavy atom. The Hall–Kier alpha value is -2.80. The minimum absolute atomic E-state index is 0.0797. The first-order valence-corrected chi connectivity index (χ1v) is 9.14. The average Bonchev–Trinajstić information content (AvgIpc) is 2.59. The van der Waals surface area contributed by atoms with E-state index in [1.165, 1.54) is 18.2 Å². The van der Waals surface area contributed by atoms with Crippen LogP contribution in [0.4, 0.5) is 0 Å². The standard InChI is InChI=1S/C18H17NO5S/c1-13-4-2-3-5-17(13)25(21,22)19-18(20)9-7-14-6-8-15-16(12-14)24-11-10-23-15/h2-9,12H,10-11H2,1H3,(H,19,20). The summed E-state index contributed by atoms with van der Waals surface area (Å²) in [5.41, 5.74) is 1.27. The first kappa shape index (κ1) is 17.0. The molecule has 1 heterocycles. The van der Waals surface area contributed by atoms with Crippen molar-refractivity contribution in [1.82, 2.24) is 4.72 Å². The quantitative estimate of drug-likeness (QED) is 0.847. The van der Waals surface area contributed by atoms with E-state index in [4.69, 9.17) is 9.47 Å². The number of nitrogens with one attached hydrogen (secondary N) is 1. The van der Waals surface area contributed by atoms with Crippen molar-refractivity contribution in [2.75, 3.05) is 13.2 Å². The molecule has 130 valence electrons. The summed E-state index contributed by atoms with van der Waals surface area (Å²) in [7, 11) is -3.90. The lowest BCUT2D eigenvalue weighted by Gasteiger charge is -2.18. The highest BCUT2D eigenvalue weighted by atomic mass is 32.2. The summed E-state index contributed by atoms with van der Waals surface area (Å²) in [6.45, 7) is 2.64. The summed E-state index contributed by atoms with van der Waals surface area (Å²) in [5.74, 6) is 0.523. The van der Waals surface area contributed by atoms with E-state index in [-0.39, 0.29) is 4.90 Å². The van der Waals surface area contributed by atoms with Crippen LogP contribution in [0.3, 0.4) is 0 Å². The van der Waals surface area contributed by atoms with Crippen molar-refractivity contribution in [3.05, 3.63) is 59.7 Å². The maximum absolute atomic E-state index is 12.3. The lowest BCUT2D eigenvalue weighted by atomic mass is 10.2. The van der Waals surface area contributed by atoms with Crippen LogP contribution < -0.4 is 14.2 Å². The molecule has 2 aromatic carbocycles. The van der Waals surface area contributed by atoms with Crippen molar-refractivity contribution in [1.29, 1.82) is 0 Å². The summed E-state index contributed by atoms with van der Waals surface area (Å²) in [4.78, 5) is 12.1. The van der Waals surface area contributed by atoms with Crippen molar-refractivity contribution in [2.24, 2.45) is 0 Å². The van der Waals surface area contributed by atoms with E-state index in [0.29, 0.717) is 35.8 Å². The first-order valence-electron chi connectivity index (χ1n) is 7.66. The molecular formula is C18H17NO5S. The van der Waals surface area contributed by atoms with Crippen molar-refractivity contribution in [2.45, 2.75) is 11.8 Å². The van der Waals surface area contributed by atoms with E-state index in [0.717, 1.165) is 0 Å². The van der Waals surface area contributed by atoms with Crippen LogP contribution >= 0.6 is 0 Å². The molecule has 1 N–H and O–H groups in total. The van der Waals surface area contributed by atoms with Gasteiger partial charge in [0.15, 0.2) is 11.5 Å². The Kier molecular flexibility index (Phi) is 4.76. The number of hydrogen-bond acceptors (Lipinski definition) is 5. The molecule has 1 amide bonds. The van der Waals surface area contributed by atoms with E-state index < -0.39 is 15.9 Å². The van der Waals surface area contributed by atoms with Gasteiger partial charge in [0.2, 0.25) is 0 Å². The van der Waals surface area contributed by atoms with Gasteiger partial charge in [-0.2, -0.15) is 0 Å². The van der Waals surface area contributed by atoms with Gasteiger partial charge in [0.1, 0.15) is 13.2 Å². The van der Waals surface area contributed by atoms with Gasteiger partial charge in [-0.25, -0.2) is 13.1 Å². The van der Waals surface area contributed by atoms with Crippen LogP contribution in [0.5, 0.6) is 11.5 Å². The summed E-state index contributed by atoms with van der Waals surface area (Å²) in [6, 6.07) is 11.7. The van der Waals surface area contributed by atoms with Crippen LogP contribution in [-0.4, -0.2) is 27.5 Å². The number of carbonyl (C=O) groups is 1. The van der Waals surface area contributed by atoms with E-state index in [1.807, 2.05) is 4.72 Å². The second-order valence-corrected chi connectivity index (χ2v) is 7.12. The maximum atomic E-state index is 12.3. The van der Waals surface area contributed by atoms with Crippen molar-refractivity contribution in [3.8, 4) is 11.5 Å². The second-order valence-electron chi connectivity index (χ2n) is 5.47. The highest BCUT2D eigenvalue weighted by Crippen LogP contribution is 2.31. The molecule has 1 aliphatic rings. The first-order chi connectivity index (χ1) is 12.0. The molecule has 0 fully saturated rings. The third kappa shape index (κ3) is 4.00. The van der Waals surface area contributed by atoms with E-state index in [2.05, 4.69) is 0 Å². The molecule has 0 aromatic heterocycles. The normalized spacial score (nSPS) is 13.6. The van der Waals surface area contributed by atoms with E-state index >= 15 is 0 Å². The predicted molar refractivity (Wildman–Crippen MR) is 93.0 cm³/mol. The third-order valence-electron chi connectivity index (χ3n) is 3.61. The van der Waals surface area contributed by atoms with Crippen molar-refractivity contribution in [3.63, 3.8) is 0 Å². The highest BCUT2D eigenvalue weighted by molar-refractivity contribution is 7.90. The summed E-state index contributed by atoms with van der Waals surface area (Å²) < 4.78 is 37.5. The Labute approximate surface area is 146 Å². The third-order valence-corrected chi connectivity index (χ3v) is 5.12. The topological polar surface area (TPSA) is 81.7 Å². The molecule has 1 aliphatic heterocycles. The van der Waals surface area contributed by atoms with Gasteiger partial charge < -0.3 is 9.47 Å². The zero-order valence-electron chi connectivity index (χ0n) is 13.6. The number of amides is 1. The van der Waals surface area contributed by atoms with Gasteiger partial charge in [-0.15, -0.1) is 0 Å². The Morgan fingerprint density at radius 2 is 1.80 bits per heavy atom.